The molecule has 6 heteroatoms. The van der Waals surface area contributed by atoms with Gasteiger partial charge in [-0.25, -0.2) is 0 Å². The van der Waals surface area contributed by atoms with E-state index < -0.39 is 5.60 Å². The van der Waals surface area contributed by atoms with Crippen LogP contribution in [0.4, 0.5) is 0 Å². The van der Waals surface area contributed by atoms with Crippen molar-refractivity contribution < 1.29 is 24.2 Å². The molecule has 4 aliphatic carbocycles. The van der Waals surface area contributed by atoms with E-state index in [9.17, 15) is 14.7 Å². The van der Waals surface area contributed by atoms with Gasteiger partial charge in [0.1, 0.15) is 12.2 Å². The maximum Gasteiger partial charge on any atom is 0.302 e. The van der Waals surface area contributed by atoms with Gasteiger partial charge in [-0.05, 0) is 80.3 Å². The summed E-state index contributed by atoms with van der Waals surface area (Å²) >= 11 is 2.11. The van der Waals surface area contributed by atoms with E-state index in [0.29, 0.717) is 29.4 Å². The molecule has 0 amide bonds. The predicted molar refractivity (Wildman–Crippen MR) is 158 cm³/mol. The Labute approximate surface area is 240 Å². The van der Waals surface area contributed by atoms with Gasteiger partial charge in [0.2, 0.25) is 0 Å². The summed E-state index contributed by atoms with van der Waals surface area (Å²) in [6.45, 7) is 14.4. The monoisotopic (exact) mass is 560 g/mol. The van der Waals surface area contributed by atoms with Crippen LogP contribution in [0.3, 0.4) is 0 Å². The van der Waals surface area contributed by atoms with E-state index in [4.69, 9.17) is 9.47 Å². The van der Waals surface area contributed by atoms with Gasteiger partial charge < -0.3 is 14.6 Å². The smallest absolute Gasteiger partial charge is 0.302 e. The molecule has 0 bridgehead atoms. The fraction of sp³-hybridized carbons (Fsp3) is 0.818. The maximum atomic E-state index is 12.2. The van der Waals surface area contributed by atoms with Gasteiger partial charge >= 0.3 is 11.9 Å². The van der Waals surface area contributed by atoms with E-state index in [2.05, 4.69) is 58.5 Å². The molecule has 0 aromatic heterocycles. The summed E-state index contributed by atoms with van der Waals surface area (Å²) in [6.07, 6.45) is 13.9. The van der Waals surface area contributed by atoms with E-state index in [1.165, 1.54) is 38.7 Å². The number of thioether (sulfide) groups is 1. The van der Waals surface area contributed by atoms with Gasteiger partial charge in [-0.15, -0.1) is 0 Å². The summed E-state index contributed by atoms with van der Waals surface area (Å²) in [6, 6.07) is 0. The van der Waals surface area contributed by atoms with Crippen LogP contribution in [-0.2, 0) is 19.1 Å². The second-order valence-corrected chi connectivity index (χ2v) is 14.8. The van der Waals surface area contributed by atoms with Crippen molar-refractivity contribution in [3.05, 3.63) is 23.3 Å². The number of esters is 2. The summed E-state index contributed by atoms with van der Waals surface area (Å²) in [5.74, 6) is 2.19. The van der Waals surface area contributed by atoms with Crippen LogP contribution < -0.4 is 0 Å². The molecule has 1 N–H and O–H groups in total. The van der Waals surface area contributed by atoms with Crippen LogP contribution in [0.5, 0.6) is 0 Å². The third kappa shape index (κ3) is 5.89. The molecule has 0 spiro atoms. The van der Waals surface area contributed by atoms with Gasteiger partial charge in [0.15, 0.2) is 0 Å². The molecule has 8 atom stereocenters. The van der Waals surface area contributed by atoms with Crippen molar-refractivity contribution in [2.24, 2.45) is 28.6 Å². The van der Waals surface area contributed by atoms with Gasteiger partial charge in [-0.3, -0.25) is 9.59 Å². The van der Waals surface area contributed by atoms with Crippen molar-refractivity contribution in [1.29, 1.82) is 0 Å². The molecule has 220 valence electrons. The van der Waals surface area contributed by atoms with Crippen LogP contribution in [-0.4, -0.2) is 45.9 Å². The maximum absolute atomic E-state index is 12.2. The highest BCUT2D eigenvalue weighted by Crippen LogP contribution is 2.66. The zero-order valence-electron chi connectivity index (χ0n) is 25.4. The first-order chi connectivity index (χ1) is 18.4. The second-order valence-electron chi connectivity index (χ2n) is 13.4. The second kappa shape index (κ2) is 11.9. The van der Waals surface area contributed by atoms with Gasteiger partial charge in [-0.2, -0.15) is 11.8 Å². The molecule has 4 rings (SSSR count). The Morgan fingerprint density at radius 2 is 1.77 bits per heavy atom. The van der Waals surface area contributed by atoms with Crippen molar-refractivity contribution in [2.45, 2.75) is 136 Å². The highest BCUT2D eigenvalue weighted by molar-refractivity contribution is 7.99. The SMILES string of the molecule is CCC(O)(CC)CCCSC(C)[C@H]1CC[C@H]2C3=CC=C4C[C@@H](OC(C)=O)C[C@H](OC(C)=O)[C@]4(C)[C@H]3CC[C@]12C. The fourth-order valence-corrected chi connectivity index (χ4v) is 10.3. The van der Waals surface area contributed by atoms with Crippen molar-refractivity contribution >= 4 is 23.7 Å². The number of hydrogen-bond acceptors (Lipinski definition) is 6. The first kappa shape index (κ1) is 30.7. The van der Waals surface area contributed by atoms with Crippen molar-refractivity contribution in [1.82, 2.24) is 0 Å². The zero-order chi connectivity index (χ0) is 28.6. The largest absolute Gasteiger partial charge is 0.462 e. The molecule has 4 aliphatic rings. The molecule has 39 heavy (non-hydrogen) atoms. The Morgan fingerprint density at radius 1 is 1.08 bits per heavy atom. The molecule has 0 aromatic rings. The summed E-state index contributed by atoms with van der Waals surface area (Å²) in [5.41, 5.74) is 2.37. The highest BCUT2D eigenvalue weighted by Gasteiger charge is 2.60. The Kier molecular flexibility index (Phi) is 9.38. The first-order valence-electron chi connectivity index (χ1n) is 15.5. The number of allylic oxidation sites excluding steroid dienone is 3. The van der Waals surface area contributed by atoms with Crippen LogP contribution in [0.1, 0.15) is 113 Å². The van der Waals surface area contributed by atoms with Crippen LogP contribution >= 0.6 is 11.8 Å². The number of hydrogen-bond donors (Lipinski definition) is 1. The Morgan fingerprint density at radius 3 is 2.41 bits per heavy atom. The van der Waals surface area contributed by atoms with E-state index in [-0.39, 0.29) is 35.0 Å². The average Bonchev–Trinajstić information content (AvgIpc) is 3.24. The van der Waals surface area contributed by atoms with Crippen molar-refractivity contribution in [3.63, 3.8) is 0 Å². The van der Waals surface area contributed by atoms with E-state index in [1.807, 2.05) is 0 Å². The number of carbonyl (C=O) groups is 2. The lowest BCUT2D eigenvalue weighted by Crippen LogP contribution is -2.54. The lowest BCUT2D eigenvalue weighted by Gasteiger charge is -2.57. The molecule has 3 saturated carbocycles. The molecular formula is C33H52O5S. The zero-order valence-corrected chi connectivity index (χ0v) is 26.2. The Hall–Kier alpha value is -1.27. The molecule has 0 aromatic carbocycles. The Bertz CT molecular complexity index is 983. The lowest BCUT2D eigenvalue weighted by atomic mass is 9.49. The molecule has 0 heterocycles. The van der Waals surface area contributed by atoms with Gasteiger partial charge in [-0.1, -0.05) is 57.9 Å². The summed E-state index contributed by atoms with van der Waals surface area (Å²) < 4.78 is 11.6. The Balaban J connectivity index is 1.50. The number of fused-ring (bicyclic) bond motifs is 5. The minimum atomic E-state index is -0.496. The predicted octanol–water partition coefficient (Wildman–Crippen LogP) is 7.41. The van der Waals surface area contributed by atoms with Crippen molar-refractivity contribution in [2.75, 3.05) is 5.75 Å². The molecule has 3 fully saturated rings. The fourth-order valence-electron chi connectivity index (χ4n) is 8.90. The lowest BCUT2D eigenvalue weighted by molar-refractivity contribution is -0.165. The molecule has 0 radical (unpaired) electrons. The summed E-state index contributed by atoms with van der Waals surface area (Å²) in [7, 11) is 0. The number of aliphatic hydroxyl groups is 1. The van der Waals surface area contributed by atoms with Crippen LogP contribution in [0.25, 0.3) is 0 Å². The summed E-state index contributed by atoms with van der Waals surface area (Å²) in [5, 5.41) is 11.3. The van der Waals surface area contributed by atoms with Gasteiger partial charge in [0.05, 0.1) is 5.60 Å². The standard InChI is InChI=1S/C33H52O5S/c1-8-33(36,9-2)16-10-18-39-21(3)27-13-14-28-26-12-11-24-19-25(37-22(4)34)20-30(38-23(5)35)32(24,7)29(26)15-17-31(27,28)6/h11-12,21,25,27-30,36H,8-10,13-20H2,1-7H3/t21?,25-,27-,28+,29+,30+,31-,32+/m1/s1. The minimum absolute atomic E-state index is 0.241. The first-order valence-corrected chi connectivity index (χ1v) is 16.5. The van der Waals surface area contributed by atoms with Gasteiger partial charge in [0, 0.05) is 37.4 Å². The van der Waals surface area contributed by atoms with Crippen LogP contribution in [0, 0.1) is 28.6 Å². The third-order valence-corrected chi connectivity index (χ3v) is 12.7. The van der Waals surface area contributed by atoms with E-state index >= 15 is 0 Å². The third-order valence-electron chi connectivity index (χ3n) is 11.4. The van der Waals surface area contributed by atoms with E-state index in [0.717, 1.165) is 44.3 Å². The molecule has 0 aliphatic heterocycles. The summed E-state index contributed by atoms with van der Waals surface area (Å²) in [4.78, 5) is 23.9. The number of ether oxygens (including phenoxy) is 2. The van der Waals surface area contributed by atoms with Crippen molar-refractivity contribution in [3.8, 4) is 0 Å². The number of carbonyl (C=O) groups excluding carboxylic acids is 2. The molecular weight excluding hydrogens is 508 g/mol. The van der Waals surface area contributed by atoms with Gasteiger partial charge in [0.25, 0.3) is 0 Å². The van der Waals surface area contributed by atoms with E-state index in [1.54, 1.807) is 5.57 Å². The minimum Gasteiger partial charge on any atom is -0.462 e. The van der Waals surface area contributed by atoms with Crippen LogP contribution in [0.2, 0.25) is 0 Å². The normalized spacial score (nSPS) is 36.6. The molecule has 0 saturated heterocycles. The number of rotatable bonds is 10. The average molecular weight is 561 g/mol. The highest BCUT2D eigenvalue weighted by atomic mass is 32.2. The molecule has 5 nitrogen and oxygen atoms in total. The topological polar surface area (TPSA) is 72.8 Å². The molecule has 1 unspecified atom stereocenters. The van der Waals surface area contributed by atoms with Crippen LogP contribution in [0.15, 0.2) is 23.3 Å². The quantitative estimate of drug-likeness (QED) is 0.222.